The maximum Gasteiger partial charge on any atom is 0.295 e. The maximum atomic E-state index is 13.4. The summed E-state index contributed by atoms with van der Waals surface area (Å²) in [6.07, 6.45) is 6.75. The van der Waals surface area contributed by atoms with Crippen molar-refractivity contribution in [1.82, 2.24) is 14.5 Å². The molecule has 0 radical (unpaired) electrons. The van der Waals surface area contributed by atoms with Gasteiger partial charge in [-0.05, 0) is 60.4 Å². The Kier molecular flexibility index (Phi) is 8.79. The molecule has 1 amide bonds. The normalized spacial score (nSPS) is 16.2. The van der Waals surface area contributed by atoms with Crippen molar-refractivity contribution in [2.24, 2.45) is 0 Å². The van der Waals surface area contributed by atoms with Crippen LogP contribution in [0.3, 0.4) is 0 Å². The summed E-state index contributed by atoms with van der Waals surface area (Å²) >= 11 is 0. The number of carbonyl (C=O) groups excluding carboxylic acids is 2. The molecule has 1 N–H and O–H groups in total. The van der Waals surface area contributed by atoms with Gasteiger partial charge < -0.3 is 24.0 Å². The van der Waals surface area contributed by atoms with E-state index >= 15 is 0 Å². The third kappa shape index (κ3) is 6.49. The zero-order chi connectivity index (χ0) is 28.6. The minimum absolute atomic E-state index is 0.0556. The van der Waals surface area contributed by atoms with Gasteiger partial charge in [0, 0.05) is 31.0 Å². The van der Waals surface area contributed by atoms with Crippen molar-refractivity contribution in [3.05, 3.63) is 120 Å². The largest absolute Gasteiger partial charge is 0.507 e. The number of hydrogen-bond donors (Lipinski definition) is 1. The Hall–Kier alpha value is -4.85. The average molecular weight is 552 g/mol. The zero-order valence-electron chi connectivity index (χ0n) is 23.0. The van der Waals surface area contributed by atoms with Crippen LogP contribution in [-0.4, -0.2) is 44.4 Å². The van der Waals surface area contributed by atoms with E-state index in [0.29, 0.717) is 55.4 Å². The molecule has 1 aliphatic rings. The van der Waals surface area contributed by atoms with Crippen LogP contribution in [0.1, 0.15) is 42.5 Å². The predicted octanol–water partition coefficient (Wildman–Crippen LogP) is 5.76. The van der Waals surface area contributed by atoms with Crippen molar-refractivity contribution in [3.63, 3.8) is 0 Å². The zero-order valence-corrected chi connectivity index (χ0v) is 23.0. The molecule has 2 heterocycles. The highest BCUT2D eigenvalue weighted by Gasteiger charge is 2.45. The van der Waals surface area contributed by atoms with Crippen molar-refractivity contribution >= 4 is 17.4 Å². The van der Waals surface area contributed by atoms with Gasteiger partial charge in [0.15, 0.2) is 0 Å². The predicted molar refractivity (Wildman–Crippen MR) is 155 cm³/mol. The minimum atomic E-state index is -0.769. The molecule has 8 heteroatoms. The highest BCUT2D eigenvalue weighted by molar-refractivity contribution is 6.46. The Morgan fingerprint density at radius 3 is 2.46 bits per heavy atom. The fourth-order valence-electron chi connectivity index (χ4n) is 4.90. The average Bonchev–Trinajstić information content (AvgIpc) is 3.62. The van der Waals surface area contributed by atoms with Crippen LogP contribution in [0.25, 0.3) is 5.76 Å². The van der Waals surface area contributed by atoms with Crippen LogP contribution >= 0.6 is 0 Å². The molecular weight excluding hydrogens is 518 g/mol. The number of aromatic nitrogens is 2. The van der Waals surface area contributed by atoms with Crippen molar-refractivity contribution in [2.45, 2.75) is 39.0 Å². The monoisotopic (exact) mass is 551 g/mol. The highest BCUT2D eigenvalue weighted by atomic mass is 16.5. The highest BCUT2D eigenvalue weighted by Crippen LogP contribution is 2.40. The first-order chi connectivity index (χ1) is 20.0. The van der Waals surface area contributed by atoms with E-state index in [9.17, 15) is 14.7 Å². The smallest absolute Gasteiger partial charge is 0.295 e. The number of aliphatic hydroxyl groups is 1. The second-order valence-electron chi connectivity index (χ2n) is 9.87. The summed E-state index contributed by atoms with van der Waals surface area (Å²) in [5.74, 6) is -0.295. The molecule has 1 aliphatic heterocycles. The van der Waals surface area contributed by atoms with E-state index in [1.165, 1.54) is 0 Å². The molecule has 4 aromatic rings. The van der Waals surface area contributed by atoms with Crippen molar-refractivity contribution in [2.75, 3.05) is 13.2 Å². The van der Waals surface area contributed by atoms with E-state index in [-0.39, 0.29) is 11.3 Å². The number of hydrogen-bond acceptors (Lipinski definition) is 6. The second-order valence-corrected chi connectivity index (χ2v) is 9.87. The Balaban J connectivity index is 1.47. The Morgan fingerprint density at radius 1 is 0.927 bits per heavy atom. The summed E-state index contributed by atoms with van der Waals surface area (Å²) in [6, 6.07) is 23.3. The van der Waals surface area contributed by atoms with Gasteiger partial charge >= 0.3 is 0 Å². The Labute approximate surface area is 239 Å². The summed E-state index contributed by atoms with van der Waals surface area (Å²) < 4.78 is 13.6. The summed E-state index contributed by atoms with van der Waals surface area (Å²) in [4.78, 5) is 32.4. The number of aryl methyl sites for hydroxylation is 1. The van der Waals surface area contributed by atoms with Crippen LogP contribution < -0.4 is 9.47 Å². The van der Waals surface area contributed by atoms with Gasteiger partial charge in [0.25, 0.3) is 11.7 Å². The molecule has 1 unspecified atom stereocenters. The number of ketones is 1. The molecule has 1 saturated heterocycles. The number of ether oxygens (including phenoxy) is 2. The van der Waals surface area contributed by atoms with E-state index < -0.39 is 17.7 Å². The summed E-state index contributed by atoms with van der Waals surface area (Å²) in [5.41, 5.74) is 2.20. The van der Waals surface area contributed by atoms with Gasteiger partial charge in [-0.15, -0.1) is 0 Å². The van der Waals surface area contributed by atoms with Crippen LogP contribution in [0.2, 0.25) is 0 Å². The van der Waals surface area contributed by atoms with Crippen LogP contribution in [0, 0.1) is 0 Å². The minimum Gasteiger partial charge on any atom is -0.507 e. The van der Waals surface area contributed by atoms with Gasteiger partial charge in [0.05, 0.1) is 24.5 Å². The summed E-state index contributed by atoms with van der Waals surface area (Å²) in [7, 11) is 0. The molecule has 41 heavy (non-hydrogen) atoms. The fourth-order valence-corrected chi connectivity index (χ4v) is 4.90. The van der Waals surface area contributed by atoms with Crippen molar-refractivity contribution in [3.8, 4) is 11.5 Å². The van der Waals surface area contributed by atoms with E-state index in [1.807, 2.05) is 72.3 Å². The molecule has 0 bridgehead atoms. The lowest BCUT2D eigenvalue weighted by Crippen LogP contribution is -2.31. The number of likely N-dealkylation sites (tertiary alicyclic amines) is 1. The SMILES string of the molecule is CCCOc1ccc(/C(O)=C2\C(=O)C(=O)N(CCCn3ccnc3)C2c2cccc(OCc3ccccc3)c2)cc1. The molecule has 1 fully saturated rings. The lowest BCUT2D eigenvalue weighted by atomic mass is 9.95. The molecule has 0 aliphatic carbocycles. The maximum absolute atomic E-state index is 13.4. The first-order valence-electron chi connectivity index (χ1n) is 13.8. The van der Waals surface area contributed by atoms with Gasteiger partial charge in [0.1, 0.15) is 23.9 Å². The first-order valence-corrected chi connectivity index (χ1v) is 13.8. The number of benzene rings is 3. The van der Waals surface area contributed by atoms with Crippen LogP contribution in [0.4, 0.5) is 0 Å². The van der Waals surface area contributed by atoms with Gasteiger partial charge in [-0.1, -0.05) is 49.4 Å². The molecule has 0 spiro atoms. The van der Waals surface area contributed by atoms with Crippen molar-refractivity contribution in [1.29, 1.82) is 0 Å². The van der Waals surface area contributed by atoms with Gasteiger partial charge in [0.2, 0.25) is 0 Å². The topological polar surface area (TPSA) is 93.9 Å². The molecule has 1 atom stereocenters. The molecule has 0 saturated carbocycles. The fraction of sp³-hybridized carbons (Fsp3) is 0.242. The molecule has 8 nitrogen and oxygen atoms in total. The van der Waals surface area contributed by atoms with Crippen LogP contribution in [0.15, 0.2) is 103 Å². The lowest BCUT2D eigenvalue weighted by molar-refractivity contribution is -0.139. The van der Waals surface area contributed by atoms with E-state index in [4.69, 9.17) is 9.47 Å². The number of carbonyl (C=O) groups is 2. The van der Waals surface area contributed by atoms with Crippen LogP contribution in [0.5, 0.6) is 11.5 Å². The quantitative estimate of drug-likeness (QED) is 0.137. The van der Waals surface area contributed by atoms with E-state index in [0.717, 1.165) is 12.0 Å². The van der Waals surface area contributed by atoms with Crippen molar-refractivity contribution < 1.29 is 24.2 Å². The molecular formula is C33H33N3O5. The third-order valence-corrected chi connectivity index (χ3v) is 6.94. The summed E-state index contributed by atoms with van der Waals surface area (Å²) in [5, 5.41) is 11.4. The number of rotatable bonds is 12. The molecule has 210 valence electrons. The Bertz CT molecular complexity index is 1500. The summed E-state index contributed by atoms with van der Waals surface area (Å²) in [6.45, 7) is 3.94. The molecule has 3 aromatic carbocycles. The second kappa shape index (κ2) is 13.0. The van der Waals surface area contributed by atoms with Gasteiger partial charge in [-0.2, -0.15) is 0 Å². The Morgan fingerprint density at radius 2 is 1.73 bits per heavy atom. The standard InChI is InChI=1S/C33H33N3O5/c1-2-20-40-27-14-12-25(13-15-27)31(37)29-30(36(33(39)32(29)38)18-7-17-35-19-16-34-23-35)26-10-6-11-28(21-26)41-22-24-8-4-3-5-9-24/h3-6,8-16,19,21,23,30,37H,2,7,17-18,20,22H2,1H3/b31-29+. The molecule has 1 aromatic heterocycles. The van der Waals surface area contributed by atoms with Crippen LogP contribution in [-0.2, 0) is 22.7 Å². The number of aliphatic hydroxyl groups excluding tert-OH is 1. The number of imidazole rings is 1. The van der Waals surface area contributed by atoms with E-state index in [1.54, 1.807) is 41.7 Å². The van der Waals surface area contributed by atoms with Gasteiger partial charge in [-0.3, -0.25) is 9.59 Å². The molecule has 5 rings (SSSR count). The lowest BCUT2D eigenvalue weighted by Gasteiger charge is -2.26. The van der Waals surface area contributed by atoms with E-state index in [2.05, 4.69) is 4.98 Å². The number of nitrogens with zero attached hydrogens (tertiary/aromatic N) is 3. The number of Topliss-reactive ketones (excluding diaryl/α,β-unsaturated/α-hetero) is 1. The third-order valence-electron chi connectivity index (χ3n) is 6.94. The first kappa shape index (κ1) is 27.7. The van der Waals surface area contributed by atoms with Gasteiger partial charge in [-0.25, -0.2) is 4.98 Å². The number of amides is 1.